The summed E-state index contributed by atoms with van der Waals surface area (Å²) >= 11 is 7.68. The van der Waals surface area contributed by atoms with Crippen molar-refractivity contribution in [3.8, 4) is 0 Å². The standard InChI is InChI=1S/C14H19ClN6S/c15-13-4-3-12(22-13)9-19-5-7-20(8-6-19)10-14-16-17-18-21(14)11-1-2-11/h3-4,11H,1-2,5-10H2. The van der Waals surface area contributed by atoms with E-state index in [9.17, 15) is 0 Å². The number of rotatable bonds is 5. The summed E-state index contributed by atoms with van der Waals surface area (Å²) < 4.78 is 2.89. The van der Waals surface area contributed by atoms with E-state index in [0.717, 1.165) is 49.4 Å². The van der Waals surface area contributed by atoms with E-state index >= 15 is 0 Å². The Hall–Kier alpha value is -1.02. The van der Waals surface area contributed by atoms with E-state index in [-0.39, 0.29) is 0 Å². The van der Waals surface area contributed by atoms with Gasteiger partial charge in [0, 0.05) is 37.6 Å². The smallest absolute Gasteiger partial charge is 0.165 e. The van der Waals surface area contributed by atoms with E-state index in [2.05, 4.69) is 31.4 Å². The second kappa shape index (κ2) is 6.23. The first-order chi connectivity index (χ1) is 10.8. The minimum Gasteiger partial charge on any atom is -0.296 e. The fourth-order valence-electron chi connectivity index (χ4n) is 2.88. The van der Waals surface area contributed by atoms with Crippen molar-refractivity contribution in [3.63, 3.8) is 0 Å². The van der Waals surface area contributed by atoms with Gasteiger partial charge in [-0.3, -0.25) is 9.80 Å². The summed E-state index contributed by atoms with van der Waals surface area (Å²) in [5.41, 5.74) is 0. The van der Waals surface area contributed by atoms with Gasteiger partial charge in [-0.25, -0.2) is 4.68 Å². The minimum atomic E-state index is 0.551. The van der Waals surface area contributed by atoms with Gasteiger partial charge in [0.25, 0.3) is 0 Å². The van der Waals surface area contributed by atoms with Crippen molar-refractivity contribution in [1.29, 1.82) is 0 Å². The highest BCUT2D eigenvalue weighted by Crippen LogP contribution is 2.34. The number of halogens is 1. The van der Waals surface area contributed by atoms with E-state index in [0.29, 0.717) is 6.04 Å². The molecule has 1 aliphatic heterocycles. The second-order valence-electron chi connectivity index (χ2n) is 6.03. The number of tetrazole rings is 1. The van der Waals surface area contributed by atoms with Gasteiger partial charge in [-0.1, -0.05) is 11.6 Å². The second-order valence-corrected chi connectivity index (χ2v) is 7.83. The van der Waals surface area contributed by atoms with Crippen molar-refractivity contribution in [3.05, 3.63) is 27.2 Å². The van der Waals surface area contributed by atoms with E-state index in [1.165, 1.54) is 17.7 Å². The van der Waals surface area contributed by atoms with E-state index in [4.69, 9.17) is 11.6 Å². The maximum absolute atomic E-state index is 6.00. The largest absolute Gasteiger partial charge is 0.296 e. The van der Waals surface area contributed by atoms with Gasteiger partial charge < -0.3 is 0 Å². The molecule has 2 aliphatic rings. The Morgan fingerprint density at radius 2 is 1.82 bits per heavy atom. The van der Waals surface area contributed by atoms with E-state index in [1.807, 2.05) is 10.7 Å². The Bertz CT molecular complexity index is 629. The molecular weight excluding hydrogens is 320 g/mol. The maximum Gasteiger partial charge on any atom is 0.165 e. The predicted octanol–water partition coefficient (Wildman–Crippen LogP) is 2.04. The zero-order valence-electron chi connectivity index (χ0n) is 12.4. The van der Waals surface area contributed by atoms with Crippen molar-refractivity contribution < 1.29 is 0 Å². The van der Waals surface area contributed by atoms with Gasteiger partial charge in [0.2, 0.25) is 0 Å². The lowest BCUT2D eigenvalue weighted by molar-refractivity contribution is 0.119. The molecule has 0 bridgehead atoms. The number of piperazine rings is 1. The van der Waals surface area contributed by atoms with Crippen LogP contribution in [0, 0.1) is 0 Å². The highest BCUT2D eigenvalue weighted by atomic mass is 35.5. The summed E-state index contributed by atoms with van der Waals surface area (Å²) in [5.74, 6) is 1.01. The molecule has 8 heteroatoms. The molecule has 2 aromatic rings. The van der Waals surface area contributed by atoms with Crippen molar-refractivity contribution in [1.82, 2.24) is 30.0 Å². The zero-order valence-corrected chi connectivity index (χ0v) is 13.9. The van der Waals surface area contributed by atoms with E-state index in [1.54, 1.807) is 11.3 Å². The third-order valence-electron chi connectivity index (χ3n) is 4.29. The van der Waals surface area contributed by atoms with Gasteiger partial charge in [-0.05, 0) is 35.4 Å². The maximum atomic E-state index is 6.00. The molecule has 1 saturated heterocycles. The molecule has 2 aromatic heterocycles. The quantitative estimate of drug-likeness (QED) is 0.835. The van der Waals surface area contributed by atoms with Gasteiger partial charge in [0.05, 0.1) is 16.9 Å². The number of aromatic nitrogens is 4. The van der Waals surface area contributed by atoms with Crippen LogP contribution in [0.2, 0.25) is 4.34 Å². The lowest BCUT2D eigenvalue weighted by Gasteiger charge is -2.34. The van der Waals surface area contributed by atoms with Crippen LogP contribution < -0.4 is 0 Å². The molecule has 3 heterocycles. The Morgan fingerprint density at radius 3 is 2.45 bits per heavy atom. The van der Waals surface area contributed by atoms with Gasteiger partial charge in [0.15, 0.2) is 5.82 Å². The molecule has 0 atom stereocenters. The van der Waals surface area contributed by atoms with Crippen LogP contribution >= 0.6 is 22.9 Å². The fraction of sp³-hybridized carbons (Fsp3) is 0.643. The minimum absolute atomic E-state index is 0.551. The average Bonchev–Trinajstić information content (AvgIpc) is 3.13. The molecular formula is C14H19ClN6S. The van der Waals surface area contributed by atoms with Crippen molar-refractivity contribution in [2.45, 2.75) is 32.0 Å². The molecule has 0 aromatic carbocycles. The van der Waals surface area contributed by atoms with Crippen molar-refractivity contribution in [2.75, 3.05) is 26.2 Å². The van der Waals surface area contributed by atoms with Gasteiger partial charge in [0.1, 0.15) is 0 Å². The molecule has 0 unspecified atom stereocenters. The number of thiophene rings is 1. The molecule has 0 N–H and O–H groups in total. The molecule has 118 valence electrons. The Labute approximate surface area is 138 Å². The van der Waals surface area contributed by atoms with Crippen LogP contribution in [0.1, 0.15) is 29.6 Å². The number of nitrogens with zero attached hydrogens (tertiary/aromatic N) is 6. The fourth-order valence-corrected chi connectivity index (χ4v) is 4.01. The normalized spacial score (nSPS) is 20.6. The summed E-state index contributed by atoms with van der Waals surface area (Å²) in [5, 5.41) is 12.2. The van der Waals surface area contributed by atoms with Crippen LogP contribution in [0.3, 0.4) is 0 Å². The predicted molar refractivity (Wildman–Crippen MR) is 86.0 cm³/mol. The summed E-state index contributed by atoms with van der Waals surface area (Å²) in [4.78, 5) is 6.28. The average molecular weight is 339 g/mol. The highest BCUT2D eigenvalue weighted by Gasteiger charge is 2.28. The van der Waals surface area contributed by atoms with Crippen LogP contribution in [-0.2, 0) is 13.1 Å². The van der Waals surface area contributed by atoms with Crippen LogP contribution in [0.25, 0.3) is 0 Å². The van der Waals surface area contributed by atoms with Crippen molar-refractivity contribution >= 4 is 22.9 Å². The first kappa shape index (κ1) is 14.6. The third kappa shape index (κ3) is 3.32. The summed E-state index contributed by atoms with van der Waals surface area (Å²) in [6.45, 7) is 6.17. The Morgan fingerprint density at radius 1 is 1.09 bits per heavy atom. The molecule has 1 aliphatic carbocycles. The molecule has 1 saturated carbocycles. The Kier molecular flexibility index (Phi) is 4.13. The third-order valence-corrected chi connectivity index (χ3v) is 5.51. The van der Waals surface area contributed by atoms with Crippen LogP contribution in [0.5, 0.6) is 0 Å². The van der Waals surface area contributed by atoms with Gasteiger partial charge in [-0.15, -0.1) is 16.4 Å². The van der Waals surface area contributed by atoms with Gasteiger partial charge >= 0.3 is 0 Å². The number of hydrogen-bond acceptors (Lipinski definition) is 6. The van der Waals surface area contributed by atoms with Crippen molar-refractivity contribution in [2.24, 2.45) is 0 Å². The lowest BCUT2D eigenvalue weighted by atomic mass is 10.3. The van der Waals surface area contributed by atoms with Gasteiger partial charge in [-0.2, -0.15) is 0 Å². The Balaban J connectivity index is 1.29. The summed E-state index contributed by atoms with van der Waals surface area (Å²) in [7, 11) is 0. The monoisotopic (exact) mass is 338 g/mol. The first-order valence-corrected chi connectivity index (χ1v) is 8.93. The van der Waals surface area contributed by atoms with Crippen LogP contribution in [-0.4, -0.2) is 56.2 Å². The SMILES string of the molecule is Clc1ccc(CN2CCN(Cc3nnnn3C3CC3)CC2)s1. The van der Waals surface area contributed by atoms with Crippen LogP contribution in [0.15, 0.2) is 12.1 Å². The molecule has 6 nitrogen and oxygen atoms in total. The van der Waals surface area contributed by atoms with Crippen LogP contribution in [0.4, 0.5) is 0 Å². The van der Waals surface area contributed by atoms with E-state index < -0.39 is 0 Å². The lowest BCUT2D eigenvalue weighted by Crippen LogP contribution is -2.45. The zero-order chi connectivity index (χ0) is 14.9. The highest BCUT2D eigenvalue weighted by molar-refractivity contribution is 7.16. The molecule has 22 heavy (non-hydrogen) atoms. The molecule has 2 fully saturated rings. The summed E-state index contributed by atoms with van der Waals surface area (Å²) in [6, 6.07) is 4.66. The molecule has 4 rings (SSSR count). The molecule has 0 spiro atoms. The molecule has 0 radical (unpaired) electrons. The first-order valence-electron chi connectivity index (χ1n) is 7.73. The summed E-state index contributed by atoms with van der Waals surface area (Å²) in [6.07, 6.45) is 2.43. The topological polar surface area (TPSA) is 50.1 Å². The number of hydrogen-bond donors (Lipinski definition) is 0. The molecule has 0 amide bonds.